The minimum atomic E-state index is -4.27. The molecule has 2 heterocycles. The summed E-state index contributed by atoms with van der Waals surface area (Å²) in [4.78, 5) is 24.0. The van der Waals surface area contributed by atoms with Gasteiger partial charge in [-0.15, -0.1) is 0 Å². The molecule has 13 heteroatoms. The van der Waals surface area contributed by atoms with Gasteiger partial charge in [-0.05, 0) is 77.6 Å². The van der Waals surface area contributed by atoms with Crippen LogP contribution in [0.15, 0.2) is 53.7 Å². The Balaban J connectivity index is 1.50. The van der Waals surface area contributed by atoms with E-state index in [1.807, 2.05) is 6.92 Å². The standard InChI is InChI=1S/C31H32F2N6O4S/c1-18-9-11-22(12-10-18)44(41,42)39-17-24(23-14-21(34-5)15-25(32)27(23)39)28-35-16-26(33)29(38-28)36-19-7-6-8-20(13-19)37-30(40)43-31(2,3)4/h9-12,14-17,19-20H,6-8,13H2,1-4H3,(H,37,40)(H,35,36,38)/t19-,20+/m0/s1. The van der Waals surface area contributed by atoms with E-state index in [1.54, 1.807) is 32.9 Å². The number of carbonyl (C=O) groups excluding carboxylic acids is 1. The summed E-state index contributed by atoms with van der Waals surface area (Å²) >= 11 is 0. The fraction of sp³-hybridized carbons (Fsp3) is 0.355. The number of hydrogen-bond donors (Lipinski definition) is 2. The van der Waals surface area contributed by atoms with Gasteiger partial charge in [0.1, 0.15) is 11.4 Å². The van der Waals surface area contributed by atoms with Crippen molar-refractivity contribution in [3.63, 3.8) is 0 Å². The molecule has 0 bridgehead atoms. The van der Waals surface area contributed by atoms with Crippen LogP contribution in [0.25, 0.3) is 27.1 Å². The molecular formula is C31H32F2N6O4S. The molecule has 0 radical (unpaired) electrons. The summed E-state index contributed by atoms with van der Waals surface area (Å²) in [5, 5.41) is 6.05. The number of anilines is 1. The van der Waals surface area contributed by atoms with Gasteiger partial charge < -0.3 is 15.4 Å². The van der Waals surface area contributed by atoms with E-state index in [2.05, 4.69) is 25.4 Å². The van der Waals surface area contributed by atoms with E-state index >= 15 is 8.78 Å². The zero-order valence-electron chi connectivity index (χ0n) is 24.7. The number of ether oxygens (including phenoxy) is 1. The monoisotopic (exact) mass is 622 g/mol. The average Bonchev–Trinajstić information content (AvgIpc) is 3.34. The number of benzene rings is 2. The van der Waals surface area contributed by atoms with Crippen molar-refractivity contribution in [3.05, 3.63) is 77.4 Å². The molecule has 44 heavy (non-hydrogen) atoms. The molecule has 1 saturated carbocycles. The van der Waals surface area contributed by atoms with Gasteiger partial charge in [-0.25, -0.2) is 40.8 Å². The number of nitrogens with one attached hydrogen (secondary N) is 2. The Morgan fingerprint density at radius 2 is 1.82 bits per heavy atom. The van der Waals surface area contributed by atoms with E-state index in [0.29, 0.717) is 12.8 Å². The van der Waals surface area contributed by atoms with E-state index in [1.165, 1.54) is 24.4 Å². The second-order valence-electron chi connectivity index (χ2n) is 11.8. The molecule has 5 rings (SSSR count). The Kier molecular flexibility index (Phi) is 8.31. The lowest BCUT2D eigenvalue weighted by atomic mass is 9.91. The maximum atomic E-state index is 15.4. The van der Waals surface area contributed by atoms with Gasteiger partial charge in [0.05, 0.1) is 23.2 Å². The summed E-state index contributed by atoms with van der Waals surface area (Å²) in [6.07, 6.45) is 4.30. The van der Waals surface area contributed by atoms with E-state index in [9.17, 15) is 13.2 Å². The molecule has 1 aliphatic carbocycles. The third kappa shape index (κ3) is 6.50. The van der Waals surface area contributed by atoms with Crippen molar-refractivity contribution in [3.8, 4) is 11.4 Å². The normalized spacial score (nSPS) is 17.2. The molecule has 2 aromatic carbocycles. The number of halogens is 2. The molecule has 1 fully saturated rings. The highest BCUT2D eigenvalue weighted by atomic mass is 32.2. The van der Waals surface area contributed by atoms with Crippen LogP contribution in [-0.2, 0) is 14.8 Å². The van der Waals surface area contributed by atoms with Gasteiger partial charge in [-0.2, -0.15) is 0 Å². The van der Waals surface area contributed by atoms with Gasteiger partial charge in [0, 0.05) is 29.2 Å². The molecule has 4 aromatic rings. The summed E-state index contributed by atoms with van der Waals surface area (Å²) in [7, 11) is -4.27. The van der Waals surface area contributed by atoms with Gasteiger partial charge >= 0.3 is 6.09 Å². The maximum absolute atomic E-state index is 15.4. The first-order valence-electron chi connectivity index (χ1n) is 14.1. The number of fused-ring (bicyclic) bond motifs is 1. The van der Waals surface area contributed by atoms with Gasteiger partial charge in [0.15, 0.2) is 23.1 Å². The minimum Gasteiger partial charge on any atom is -0.444 e. The van der Waals surface area contributed by atoms with Crippen LogP contribution < -0.4 is 10.6 Å². The van der Waals surface area contributed by atoms with Crippen LogP contribution in [0.5, 0.6) is 0 Å². The Hall–Kier alpha value is -4.57. The number of amides is 1. The zero-order valence-corrected chi connectivity index (χ0v) is 25.5. The lowest BCUT2D eigenvalue weighted by molar-refractivity contribution is 0.0492. The van der Waals surface area contributed by atoms with Gasteiger partial charge in [-0.3, -0.25) is 0 Å². The fourth-order valence-corrected chi connectivity index (χ4v) is 6.62. The molecule has 2 aromatic heterocycles. The third-order valence-electron chi connectivity index (χ3n) is 7.23. The molecule has 230 valence electrons. The summed E-state index contributed by atoms with van der Waals surface area (Å²) in [6, 6.07) is 8.00. The molecule has 2 N–H and O–H groups in total. The van der Waals surface area contributed by atoms with Crippen LogP contribution in [0.3, 0.4) is 0 Å². The van der Waals surface area contributed by atoms with Crippen LogP contribution in [0.4, 0.5) is 25.1 Å². The van der Waals surface area contributed by atoms with Crippen LogP contribution in [0, 0.1) is 25.1 Å². The molecule has 10 nitrogen and oxygen atoms in total. The molecule has 1 aliphatic rings. The predicted molar refractivity (Wildman–Crippen MR) is 162 cm³/mol. The molecular weight excluding hydrogens is 590 g/mol. The lowest BCUT2D eigenvalue weighted by Gasteiger charge is -2.31. The predicted octanol–water partition coefficient (Wildman–Crippen LogP) is 6.72. The van der Waals surface area contributed by atoms with E-state index in [-0.39, 0.29) is 50.8 Å². The quantitative estimate of drug-likeness (QED) is 0.229. The first kappa shape index (κ1) is 30.9. The van der Waals surface area contributed by atoms with Gasteiger partial charge in [0.25, 0.3) is 10.0 Å². The number of hydrogen-bond acceptors (Lipinski definition) is 7. The summed E-state index contributed by atoms with van der Waals surface area (Å²) < 4.78 is 63.9. The number of aromatic nitrogens is 3. The lowest BCUT2D eigenvalue weighted by Crippen LogP contribution is -2.44. The Morgan fingerprint density at radius 3 is 2.50 bits per heavy atom. The number of aryl methyl sites for hydroxylation is 1. The zero-order chi connectivity index (χ0) is 31.8. The highest BCUT2D eigenvalue weighted by Crippen LogP contribution is 2.36. The maximum Gasteiger partial charge on any atom is 0.407 e. The first-order valence-corrected chi connectivity index (χ1v) is 15.5. The van der Waals surface area contributed by atoms with Crippen LogP contribution >= 0.6 is 0 Å². The Bertz CT molecular complexity index is 1880. The largest absolute Gasteiger partial charge is 0.444 e. The molecule has 1 amide bonds. The van der Waals surface area contributed by atoms with Crippen LogP contribution in [0.1, 0.15) is 52.0 Å². The van der Waals surface area contributed by atoms with Crippen molar-refractivity contribution in [1.82, 2.24) is 19.3 Å². The van der Waals surface area contributed by atoms with Crippen molar-refractivity contribution >= 4 is 38.5 Å². The van der Waals surface area contributed by atoms with Crippen molar-refractivity contribution in [1.29, 1.82) is 0 Å². The minimum absolute atomic E-state index is 0.0482. The topological polar surface area (TPSA) is 120 Å². The van der Waals surface area contributed by atoms with E-state index in [4.69, 9.17) is 11.3 Å². The number of nitrogens with zero attached hydrogens (tertiary/aromatic N) is 4. The average molecular weight is 623 g/mol. The summed E-state index contributed by atoms with van der Waals surface area (Å²) in [5.74, 6) is -1.83. The van der Waals surface area contributed by atoms with Gasteiger partial charge in [0.2, 0.25) is 0 Å². The van der Waals surface area contributed by atoms with Crippen molar-refractivity contribution in [2.45, 2.75) is 76.0 Å². The highest BCUT2D eigenvalue weighted by molar-refractivity contribution is 7.90. The Labute approximate surface area is 254 Å². The van der Waals surface area contributed by atoms with Gasteiger partial charge in [-0.1, -0.05) is 17.7 Å². The van der Waals surface area contributed by atoms with Crippen molar-refractivity contribution in [2.75, 3.05) is 5.32 Å². The highest BCUT2D eigenvalue weighted by Gasteiger charge is 2.28. The van der Waals surface area contributed by atoms with Crippen molar-refractivity contribution in [2.24, 2.45) is 0 Å². The van der Waals surface area contributed by atoms with Crippen LogP contribution in [-0.4, -0.2) is 46.1 Å². The third-order valence-corrected chi connectivity index (χ3v) is 8.91. The number of rotatable bonds is 6. The summed E-state index contributed by atoms with van der Waals surface area (Å²) in [6.45, 7) is 14.5. The van der Waals surface area contributed by atoms with Crippen LogP contribution in [0.2, 0.25) is 0 Å². The second-order valence-corrected chi connectivity index (χ2v) is 13.6. The molecule has 2 atom stereocenters. The molecule has 0 spiro atoms. The fourth-order valence-electron chi connectivity index (χ4n) is 5.24. The first-order chi connectivity index (χ1) is 20.7. The number of carbonyl (C=O) groups is 1. The second kappa shape index (κ2) is 11.8. The smallest absolute Gasteiger partial charge is 0.407 e. The SMILES string of the molecule is [C-]#[N+]c1cc(F)c2c(c1)c(-c1ncc(F)c(N[C@H]3CCC[C@@H](NC(=O)OC(C)(C)C)C3)n1)cn2S(=O)(=O)c1ccc(C)cc1. The number of alkyl carbamates (subject to hydrolysis) is 1. The Morgan fingerprint density at radius 1 is 1.11 bits per heavy atom. The van der Waals surface area contributed by atoms with E-state index < -0.39 is 33.4 Å². The van der Waals surface area contributed by atoms with E-state index in [0.717, 1.165) is 34.6 Å². The molecule has 0 saturated heterocycles. The summed E-state index contributed by atoms with van der Waals surface area (Å²) in [5.41, 5.74) is -0.0137. The molecule has 0 aliphatic heterocycles. The van der Waals surface area contributed by atoms with Crippen molar-refractivity contribution < 1.29 is 26.7 Å². The molecule has 0 unspecified atom stereocenters.